The number of benzene rings is 2. The largest absolute Gasteiger partial charge is 0.452 e. The van der Waals surface area contributed by atoms with E-state index in [1.54, 1.807) is 31.2 Å². The molecule has 0 aliphatic carbocycles. The van der Waals surface area contributed by atoms with E-state index in [1.807, 2.05) is 20.8 Å². The third kappa shape index (κ3) is 6.32. The van der Waals surface area contributed by atoms with Gasteiger partial charge in [0.1, 0.15) is 0 Å². The highest BCUT2D eigenvalue weighted by Crippen LogP contribution is 2.21. The number of hydrogen-bond acceptors (Lipinski definition) is 5. The fraction of sp³-hybridized carbons (Fsp3) is 0.364. The first-order chi connectivity index (χ1) is 14.2. The summed E-state index contributed by atoms with van der Waals surface area (Å²) in [4.78, 5) is 24.2. The number of amides is 1. The number of esters is 1. The van der Waals surface area contributed by atoms with Crippen molar-refractivity contribution in [3.63, 3.8) is 0 Å². The van der Waals surface area contributed by atoms with Gasteiger partial charge in [-0.1, -0.05) is 37.6 Å². The Morgan fingerprint density at radius 3 is 2.23 bits per heavy atom. The fourth-order valence-corrected chi connectivity index (χ4v) is 4.16. The van der Waals surface area contributed by atoms with Gasteiger partial charge in [0.05, 0.1) is 10.5 Å². The van der Waals surface area contributed by atoms with Crippen molar-refractivity contribution in [2.45, 2.75) is 51.5 Å². The molecular weight excluding hydrogens is 404 g/mol. The minimum Gasteiger partial charge on any atom is -0.452 e. The molecule has 0 fully saturated rings. The van der Waals surface area contributed by atoms with Crippen LogP contribution in [-0.4, -0.2) is 32.9 Å². The van der Waals surface area contributed by atoms with Gasteiger partial charge in [0.2, 0.25) is 0 Å². The molecule has 2 aromatic rings. The fourth-order valence-electron chi connectivity index (χ4n) is 2.82. The lowest BCUT2D eigenvalue weighted by atomic mass is 10.1. The molecule has 1 amide bonds. The molecule has 0 unspecified atom stereocenters. The molecule has 2 N–H and O–H groups in total. The van der Waals surface area contributed by atoms with E-state index in [2.05, 4.69) is 10.0 Å². The minimum absolute atomic E-state index is 0.0279. The molecule has 162 valence electrons. The van der Waals surface area contributed by atoms with Gasteiger partial charge in [-0.3, -0.25) is 9.52 Å². The molecule has 8 heteroatoms. The van der Waals surface area contributed by atoms with Gasteiger partial charge in [-0.25, -0.2) is 13.2 Å². The Bertz CT molecular complexity index is 997. The van der Waals surface area contributed by atoms with Gasteiger partial charge in [0, 0.05) is 11.7 Å². The van der Waals surface area contributed by atoms with Crippen molar-refractivity contribution >= 4 is 27.6 Å². The number of anilines is 1. The Hall–Kier alpha value is -2.87. The molecule has 0 saturated heterocycles. The maximum atomic E-state index is 12.8. The number of nitrogens with one attached hydrogen (secondary N) is 2. The molecule has 2 aromatic carbocycles. The first-order valence-corrected chi connectivity index (χ1v) is 11.3. The van der Waals surface area contributed by atoms with Crippen molar-refractivity contribution in [2.24, 2.45) is 0 Å². The molecular formula is C22H28N2O5S. The van der Waals surface area contributed by atoms with Crippen molar-refractivity contribution in [1.29, 1.82) is 0 Å². The smallest absolute Gasteiger partial charge is 0.338 e. The Kier molecular flexibility index (Phi) is 8.00. The zero-order valence-corrected chi connectivity index (χ0v) is 18.5. The van der Waals surface area contributed by atoms with Crippen LogP contribution in [-0.2, 0) is 19.6 Å². The molecule has 0 radical (unpaired) electrons. The molecule has 7 nitrogen and oxygen atoms in total. The Labute approximate surface area is 177 Å². The van der Waals surface area contributed by atoms with Crippen LogP contribution in [0.3, 0.4) is 0 Å². The predicted molar refractivity (Wildman–Crippen MR) is 116 cm³/mol. The quantitative estimate of drug-likeness (QED) is 0.590. The van der Waals surface area contributed by atoms with E-state index >= 15 is 0 Å². The second kappa shape index (κ2) is 10.2. The topological polar surface area (TPSA) is 102 Å². The van der Waals surface area contributed by atoms with E-state index in [1.165, 1.54) is 18.2 Å². The Morgan fingerprint density at radius 2 is 1.63 bits per heavy atom. The number of rotatable bonds is 9. The summed E-state index contributed by atoms with van der Waals surface area (Å²) in [7, 11) is -3.90. The van der Waals surface area contributed by atoms with E-state index in [9.17, 15) is 18.0 Å². The first-order valence-electron chi connectivity index (χ1n) is 9.82. The minimum atomic E-state index is -3.90. The third-order valence-corrected chi connectivity index (χ3v) is 6.23. The maximum Gasteiger partial charge on any atom is 0.338 e. The lowest BCUT2D eigenvalue weighted by molar-refractivity contribution is -0.125. The standard InChI is InChI=1S/C22H28N2O5S/c1-5-18(6-2)23-21(25)14-29-22(26)17-10-9-16(4)20(13-17)30(27,28)24-19-11-7-15(3)8-12-19/h7-13,18,24H,5-6,14H2,1-4H3,(H,23,25). The summed E-state index contributed by atoms with van der Waals surface area (Å²) in [6, 6.07) is 11.2. The van der Waals surface area contributed by atoms with Crippen LogP contribution in [0.5, 0.6) is 0 Å². The van der Waals surface area contributed by atoms with E-state index in [0.717, 1.165) is 18.4 Å². The second-order valence-corrected chi connectivity index (χ2v) is 8.76. The lowest BCUT2D eigenvalue weighted by Crippen LogP contribution is -2.36. The van der Waals surface area contributed by atoms with Crippen molar-refractivity contribution in [1.82, 2.24) is 5.32 Å². The van der Waals surface area contributed by atoms with Gasteiger partial charge in [0.15, 0.2) is 6.61 Å². The summed E-state index contributed by atoms with van der Waals surface area (Å²) >= 11 is 0. The van der Waals surface area contributed by atoms with Crippen LogP contribution >= 0.6 is 0 Å². The number of ether oxygens (including phenoxy) is 1. The first kappa shape index (κ1) is 23.4. The van der Waals surface area contributed by atoms with Gasteiger partial charge >= 0.3 is 5.97 Å². The van der Waals surface area contributed by atoms with Crippen LogP contribution < -0.4 is 10.0 Å². The summed E-state index contributed by atoms with van der Waals surface area (Å²) in [5.41, 5.74) is 1.97. The number of aryl methyl sites for hydroxylation is 2. The van der Waals surface area contributed by atoms with Crippen LogP contribution in [0.2, 0.25) is 0 Å². The zero-order valence-electron chi connectivity index (χ0n) is 17.7. The van der Waals surface area contributed by atoms with Gasteiger partial charge in [-0.15, -0.1) is 0 Å². The van der Waals surface area contributed by atoms with E-state index in [-0.39, 0.29) is 16.5 Å². The van der Waals surface area contributed by atoms with Gasteiger partial charge in [-0.05, 0) is 56.5 Å². The van der Waals surface area contributed by atoms with Gasteiger partial charge in [-0.2, -0.15) is 0 Å². The van der Waals surface area contributed by atoms with Crippen LogP contribution in [0.15, 0.2) is 47.4 Å². The molecule has 30 heavy (non-hydrogen) atoms. The summed E-state index contributed by atoms with van der Waals surface area (Å²) in [5, 5.41) is 2.78. The average molecular weight is 433 g/mol. The van der Waals surface area contributed by atoms with Crippen LogP contribution in [0, 0.1) is 13.8 Å². The van der Waals surface area contributed by atoms with E-state index in [0.29, 0.717) is 11.3 Å². The number of sulfonamides is 1. The highest BCUT2D eigenvalue weighted by atomic mass is 32.2. The van der Waals surface area contributed by atoms with Crippen molar-refractivity contribution < 1.29 is 22.7 Å². The predicted octanol–water partition coefficient (Wildman–Crippen LogP) is 3.57. The van der Waals surface area contributed by atoms with Crippen LogP contribution in [0.4, 0.5) is 5.69 Å². The summed E-state index contributed by atoms with van der Waals surface area (Å²) in [5.74, 6) is -1.15. The molecule has 0 heterocycles. The van der Waals surface area contributed by atoms with Gasteiger partial charge < -0.3 is 10.1 Å². The molecule has 0 bridgehead atoms. The number of carbonyl (C=O) groups excluding carboxylic acids is 2. The molecule has 0 aliphatic heterocycles. The molecule has 2 rings (SSSR count). The van der Waals surface area contributed by atoms with Crippen molar-refractivity contribution in [3.8, 4) is 0 Å². The molecule has 0 spiro atoms. The van der Waals surface area contributed by atoms with E-state index in [4.69, 9.17) is 4.74 Å². The van der Waals surface area contributed by atoms with Gasteiger partial charge in [0.25, 0.3) is 15.9 Å². The van der Waals surface area contributed by atoms with Crippen molar-refractivity contribution in [2.75, 3.05) is 11.3 Å². The Morgan fingerprint density at radius 1 is 1.00 bits per heavy atom. The molecule has 0 atom stereocenters. The third-order valence-electron chi connectivity index (χ3n) is 4.70. The molecule has 0 saturated carbocycles. The average Bonchev–Trinajstić information content (AvgIpc) is 2.72. The summed E-state index contributed by atoms with van der Waals surface area (Å²) in [6.07, 6.45) is 1.56. The molecule has 0 aliphatic rings. The monoisotopic (exact) mass is 432 g/mol. The summed E-state index contributed by atoms with van der Waals surface area (Å²) in [6.45, 7) is 7.04. The second-order valence-electron chi connectivity index (χ2n) is 7.11. The highest BCUT2D eigenvalue weighted by molar-refractivity contribution is 7.92. The highest BCUT2D eigenvalue weighted by Gasteiger charge is 2.20. The Balaban J connectivity index is 2.12. The summed E-state index contributed by atoms with van der Waals surface area (Å²) < 4.78 is 33.2. The lowest BCUT2D eigenvalue weighted by Gasteiger charge is -2.15. The number of carbonyl (C=O) groups is 2. The van der Waals surface area contributed by atoms with Crippen LogP contribution in [0.25, 0.3) is 0 Å². The van der Waals surface area contributed by atoms with E-state index < -0.39 is 28.5 Å². The number of hydrogen-bond donors (Lipinski definition) is 2. The normalized spacial score (nSPS) is 11.2. The zero-order chi connectivity index (χ0) is 22.3. The van der Waals surface area contributed by atoms with Crippen molar-refractivity contribution in [3.05, 3.63) is 59.2 Å². The maximum absolute atomic E-state index is 12.8. The molecule has 0 aromatic heterocycles. The van der Waals surface area contributed by atoms with Crippen LogP contribution in [0.1, 0.15) is 48.2 Å². The SMILES string of the molecule is CCC(CC)NC(=O)COC(=O)c1ccc(C)c(S(=O)(=O)Nc2ccc(C)cc2)c1.